The lowest BCUT2D eigenvalue weighted by molar-refractivity contribution is -0.161. The fourth-order valence-electron chi connectivity index (χ4n) is 6.26. The van der Waals surface area contributed by atoms with Crippen molar-refractivity contribution in [1.82, 2.24) is 20.4 Å². The van der Waals surface area contributed by atoms with Crippen LogP contribution < -0.4 is 10.6 Å². The van der Waals surface area contributed by atoms with Crippen LogP contribution in [0.2, 0.25) is 0 Å². The first kappa shape index (κ1) is 30.8. The van der Waals surface area contributed by atoms with Crippen LogP contribution in [-0.2, 0) is 27.2 Å². The van der Waals surface area contributed by atoms with Crippen molar-refractivity contribution in [1.29, 1.82) is 0 Å². The lowest BCUT2D eigenvalue weighted by Gasteiger charge is -2.51. The zero-order chi connectivity index (χ0) is 28.9. The minimum Gasteiger partial charge on any atom is -0.356 e. The molecule has 2 aliphatic rings. The van der Waals surface area contributed by atoms with Gasteiger partial charge in [0.25, 0.3) is 0 Å². The average molecular weight is 561 g/mol. The summed E-state index contributed by atoms with van der Waals surface area (Å²) in [5.74, 6) is 0.137. The van der Waals surface area contributed by atoms with E-state index in [9.17, 15) is 14.4 Å². The lowest BCUT2D eigenvalue weighted by atomic mass is 9.81. The van der Waals surface area contributed by atoms with Gasteiger partial charge in [-0.25, -0.2) is 0 Å². The van der Waals surface area contributed by atoms with Crippen molar-refractivity contribution >= 4 is 17.7 Å². The predicted octanol–water partition coefficient (Wildman–Crippen LogP) is 4.50. The highest BCUT2D eigenvalue weighted by molar-refractivity contribution is 6.00. The van der Waals surface area contributed by atoms with Crippen LogP contribution in [0, 0.1) is 0 Å². The summed E-state index contributed by atoms with van der Waals surface area (Å²) >= 11 is 0. The molecule has 3 amide bonds. The largest absolute Gasteiger partial charge is 0.356 e. The number of hydrogen-bond donors (Lipinski definition) is 2. The van der Waals surface area contributed by atoms with Crippen LogP contribution >= 0.6 is 0 Å². The molecule has 4 rings (SSSR count). The summed E-state index contributed by atoms with van der Waals surface area (Å²) in [6.07, 6.45) is 9.01. The number of piperazine rings is 1. The van der Waals surface area contributed by atoms with Gasteiger partial charge in [0.15, 0.2) is 0 Å². The van der Waals surface area contributed by atoms with Gasteiger partial charge in [0.1, 0.15) is 11.6 Å². The maximum Gasteiger partial charge on any atom is 0.246 e. The number of hydrogen-bond acceptors (Lipinski definition) is 4. The van der Waals surface area contributed by atoms with Gasteiger partial charge in [0.05, 0.1) is 0 Å². The summed E-state index contributed by atoms with van der Waals surface area (Å²) in [6.45, 7) is 6.02. The highest BCUT2D eigenvalue weighted by Gasteiger charge is 2.52. The maximum atomic E-state index is 13.6. The molecule has 2 aliphatic heterocycles. The van der Waals surface area contributed by atoms with E-state index in [4.69, 9.17) is 0 Å². The van der Waals surface area contributed by atoms with Gasteiger partial charge in [-0.05, 0) is 81.9 Å². The number of nitrogens with one attached hydrogen (secondary N) is 2. The maximum absolute atomic E-state index is 13.6. The summed E-state index contributed by atoms with van der Waals surface area (Å²) in [5, 5.41) is 6.09. The minimum absolute atomic E-state index is 0.0218. The van der Waals surface area contributed by atoms with Crippen LogP contribution in [0.3, 0.4) is 0 Å². The summed E-state index contributed by atoms with van der Waals surface area (Å²) in [7, 11) is 0. The van der Waals surface area contributed by atoms with E-state index in [0.29, 0.717) is 38.8 Å². The smallest absolute Gasteiger partial charge is 0.246 e. The van der Waals surface area contributed by atoms with Crippen molar-refractivity contribution in [2.45, 2.75) is 89.1 Å². The van der Waals surface area contributed by atoms with Gasteiger partial charge in [-0.1, -0.05) is 67.6 Å². The second-order valence-corrected chi connectivity index (χ2v) is 11.7. The van der Waals surface area contributed by atoms with Crippen molar-refractivity contribution in [3.05, 3.63) is 71.8 Å². The van der Waals surface area contributed by atoms with Crippen LogP contribution in [0.25, 0.3) is 0 Å². The normalized spacial score (nSPS) is 18.9. The van der Waals surface area contributed by atoms with Crippen LogP contribution in [0.15, 0.2) is 60.7 Å². The molecule has 7 heteroatoms. The first-order chi connectivity index (χ1) is 20.0. The molecule has 2 heterocycles. The molecular formula is C34H48N4O3. The van der Waals surface area contributed by atoms with Gasteiger partial charge in [-0.2, -0.15) is 0 Å². The molecular weight excluding hydrogens is 512 g/mol. The van der Waals surface area contributed by atoms with Gasteiger partial charge in [0, 0.05) is 32.6 Å². The summed E-state index contributed by atoms with van der Waals surface area (Å²) in [4.78, 5) is 43.7. The van der Waals surface area contributed by atoms with E-state index in [-0.39, 0.29) is 17.7 Å². The standard InChI is InChI=1S/C34H48N4O3/c1-2-24-38-32(40)30(18-9-11-23-35-31(39)20-19-29-15-7-4-8-16-29)36-33(41)34(38)21-26-37(27-22-34)25-12-10-17-28-13-5-3-6-14-28/h3-8,13-16,30H,2,9-12,17-27H2,1H3,(H,35,39)(H,36,41)/t30-/m0/s1. The second kappa shape index (κ2) is 15.7. The molecule has 1 atom stereocenters. The number of carbonyl (C=O) groups excluding carboxylic acids is 3. The number of nitrogens with zero attached hydrogens (tertiary/aromatic N) is 2. The first-order valence-electron chi connectivity index (χ1n) is 15.7. The number of likely N-dealkylation sites (tertiary alicyclic amines) is 1. The van der Waals surface area contributed by atoms with E-state index in [2.05, 4.69) is 52.8 Å². The van der Waals surface area contributed by atoms with Crippen LogP contribution in [0.1, 0.15) is 75.8 Å². The SMILES string of the molecule is CCCN1C(=O)[C@H](CCCCNC(=O)CCc2ccccc2)NC(=O)C12CCN(CCCCc1ccccc1)CC2. The topological polar surface area (TPSA) is 81.8 Å². The number of carbonyl (C=O) groups is 3. The molecule has 2 aromatic carbocycles. The molecule has 222 valence electrons. The highest BCUT2D eigenvalue weighted by Crippen LogP contribution is 2.34. The fraction of sp³-hybridized carbons (Fsp3) is 0.559. The molecule has 2 N–H and O–H groups in total. The van der Waals surface area contributed by atoms with Gasteiger partial charge in [-0.15, -0.1) is 0 Å². The molecule has 0 bridgehead atoms. The molecule has 0 aromatic heterocycles. The quantitative estimate of drug-likeness (QED) is 0.314. The first-order valence-corrected chi connectivity index (χ1v) is 15.7. The zero-order valence-corrected chi connectivity index (χ0v) is 24.8. The van der Waals surface area contributed by atoms with E-state index in [1.54, 1.807) is 0 Å². The Morgan fingerprint density at radius 1 is 0.878 bits per heavy atom. The molecule has 0 unspecified atom stereocenters. The summed E-state index contributed by atoms with van der Waals surface area (Å²) in [6, 6.07) is 20.2. The number of amides is 3. The molecule has 2 aromatic rings. The Morgan fingerprint density at radius 3 is 2.20 bits per heavy atom. The average Bonchev–Trinajstić information content (AvgIpc) is 3.00. The van der Waals surface area contributed by atoms with Gasteiger partial charge in [0.2, 0.25) is 17.7 Å². The van der Waals surface area contributed by atoms with Crippen LogP contribution in [-0.4, -0.2) is 71.8 Å². The van der Waals surface area contributed by atoms with Gasteiger partial charge in [-0.3, -0.25) is 14.4 Å². The highest BCUT2D eigenvalue weighted by atomic mass is 16.2. The Kier molecular flexibility index (Phi) is 11.8. The van der Waals surface area contributed by atoms with Crippen LogP contribution in [0.4, 0.5) is 0 Å². The van der Waals surface area contributed by atoms with Crippen molar-refractivity contribution < 1.29 is 14.4 Å². The van der Waals surface area contributed by atoms with E-state index in [1.165, 1.54) is 5.56 Å². The van der Waals surface area contributed by atoms with E-state index in [1.807, 2.05) is 35.2 Å². The third kappa shape index (κ3) is 8.65. The van der Waals surface area contributed by atoms with Crippen molar-refractivity contribution in [2.24, 2.45) is 0 Å². The van der Waals surface area contributed by atoms with E-state index in [0.717, 1.165) is 70.1 Å². The Labute approximate surface area is 246 Å². The van der Waals surface area contributed by atoms with Crippen molar-refractivity contribution in [2.75, 3.05) is 32.7 Å². The summed E-state index contributed by atoms with van der Waals surface area (Å²) in [5.41, 5.74) is 1.83. The summed E-state index contributed by atoms with van der Waals surface area (Å²) < 4.78 is 0. The number of unbranched alkanes of at least 4 members (excludes halogenated alkanes) is 2. The molecule has 41 heavy (non-hydrogen) atoms. The Balaban J connectivity index is 1.17. The number of benzene rings is 2. The molecule has 0 saturated carbocycles. The Bertz CT molecular complexity index is 1100. The third-order valence-electron chi connectivity index (χ3n) is 8.70. The lowest BCUT2D eigenvalue weighted by Crippen LogP contribution is -2.72. The van der Waals surface area contributed by atoms with E-state index >= 15 is 0 Å². The Morgan fingerprint density at radius 2 is 1.54 bits per heavy atom. The fourth-order valence-corrected chi connectivity index (χ4v) is 6.26. The molecule has 0 aliphatic carbocycles. The van der Waals surface area contributed by atoms with Gasteiger partial charge >= 0.3 is 0 Å². The van der Waals surface area contributed by atoms with Crippen molar-refractivity contribution in [3.63, 3.8) is 0 Å². The third-order valence-corrected chi connectivity index (χ3v) is 8.70. The number of aryl methyl sites for hydroxylation is 2. The minimum atomic E-state index is -0.711. The molecule has 2 fully saturated rings. The number of rotatable bonds is 15. The van der Waals surface area contributed by atoms with Crippen molar-refractivity contribution in [3.8, 4) is 0 Å². The predicted molar refractivity (Wildman–Crippen MR) is 163 cm³/mol. The monoisotopic (exact) mass is 560 g/mol. The molecule has 1 spiro atoms. The molecule has 0 radical (unpaired) electrons. The number of piperidine rings is 1. The Hall–Kier alpha value is -3.19. The zero-order valence-electron chi connectivity index (χ0n) is 24.8. The molecule has 7 nitrogen and oxygen atoms in total. The van der Waals surface area contributed by atoms with Gasteiger partial charge < -0.3 is 20.4 Å². The second-order valence-electron chi connectivity index (χ2n) is 11.7. The van der Waals surface area contributed by atoms with Crippen LogP contribution in [0.5, 0.6) is 0 Å². The van der Waals surface area contributed by atoms with E-state index < -0.39 is 11.6 Å². The molecule has 2 saturated heterocycles.